The molecule has 1 fully saturated rings. The first-order chi connectivity index (χ1) is 16.9. The van der Waals surface area contributed by atoms with E-state index < -0.39 is 10.0 Å². The lowest BCUT2D eigenvalue weighted by molar-refractivity contribution is 0.566. The molecule has 1 aliphatic heterocycles. The Hall–Kier alpha value is -2.94. The first-order valence-electron chi connectivity index (χ1n) is 12.0. The van der Waals surface area contributed by atoms with E-state index >= 15 is 0 Å². The molecule has 35 heavy (non-hydrogen) atoms. The van der Waals surface area contributed by atoms with Gasteiger partial charge in [0.1, 0.15) is 0 Å². The van der Waals surface area contributed by atoms with E-state index in [-0.39, 0.29) is 15.8 Å². The monoisotopic (exact) mass is 507 g/mol. The summed E-state index contributed by atoms with van der Waals surface area (Å²) in [4.78, 5) is 15.1. The summed E-state index contributed by atoms with van der Waals surface area (Å²) >= 11 is 1.07. The van der Waals surface area contributed by atoms with Gasteiger partial charge in [0.25, 0.3) is 0 Å². The third-order valence-electron chi connectivity index (χ3n) is 6.58. The van der Waals surface area contributed by atoms with Crippen molar-refractivity contribution in [3.8, 4) is 0 Å². The molecule has 1 aromatic heterocycles. The minimum atomic E-state index is -3.76. The summed E-state index contributed by atoms with van der Waals surface area (Å²) in [6, 6.07) is 22.4. The van der Waals surface area contributed by atoms with Crippen molar-refractivity contribution in [2.75, 3.05) is 18.0 Å². The zero-order chi connectivity index (χ0) is 24.4. The molecule has 8 heteroatoms. The van der Waals surface area contributed by atoms with E-state index in [1.165, 1.54) is 24.9 Å². The molecule has 0 unspecified atom stereocenters. The first-order valence-corrected chi connectivity index (χ1v) is 14.3. The number of rotatable bonds is 7. The Morgan fingerprint density at radius 1 is 0.943 bits per heavy atom. The summed E-state index contributed by atoms with van der Waals surface area (Å²) in [5.74, 6) is 0. The molecule has 5 rings (SSSR count). The molecular weight excluding hydrogens is 478 g/mol. The smallest absolute Gasteiger partial charge is 0.308 e. The van der Waals surface area contributed by atoms with Crippen molar-refractivity contribution in [1.82, 2.24) is 9.29 Å². The number of nitrogens with zero attached hydrogens (tertiary/aromatic N) is 2. The minimum absolute atomic E-state index is 0.103. The van der Waals surface area contributed by atoms with E-state index in [4.69, 9.17) is 0 Å². The van der Waals surface area contributed by atoms with Crippen molar-refractivity contribution >= 4 is 37.3 Å². The largest absolute Gasteiger partial charge is 0.372 e. The van der Waals surface area contributed by atoms with Gasteiger partial charge in [-0.2, -0.15) is 0 Å². The van der Waals surface area contributed by atoms with Gasteiger partial charge >= 0.3 is 4.87 Å². The fourth-order valence-corrected chi connectivity index (χ4v) is 6.89. The van der Waals surface area contributed by atoms with Crippen LogP contribution in [0.3, 0.4) is 0 Å². The Labute approximate surface area is 209 Å². The van der Waals surface area contributed by atoms with Gasteiger partial charge in [0.15, 0.2) is 0 Å². The van der Waals surface area contributed by atoms with Crippen LogP contribution in [0.15, 0.2) is 82.5 Å². The lowest BCUT2D eigenvalue weighted by atomic mass is 10.1. The Morgan fingerprint density at radius 2 is 1.66 bits per heavy atom. The highest BCUT2D eigenvalue weighted by molar-refractivity contribution is 7.89. The SMILES string of the molecule is C[C@@H](NS(=O)(=O)c1ccc2c(c1)sc(=O)n2Cc1ccccc1)c1ccc(N2CCCCC2)cc1. The predicted molar refractivity (Wildman–Crippen MR) is 143 cm³/mol. The number of hydrogen-bond donors (Lipinski definition) is 1. The van der Waals surface area contributed by atoms with Gasteiger partial charge in [-0.25, -0.2) is 13.1 Å². The Morgan fingerprint density at radius 3 is 2.37 bits per heavy atom. The number of fused-ring (bicyclic) bond motifs is 1. The highest BCUT2D eigenvalue weighted by Gasteiger charge is 2.21. The summed E-state index contributed by atoms with van der Waals surface area (Å²) in [6.45, 7) is 4.45. The van der Waals surface area contributed by atoms with Crippen LogP contribution in [0.25, 0.3) is 10.2 Å². The normalized spacial score (nSPS) is 15.4. The number of thiazole rings is 1. The molecule has 0 spiro atoms. The van der Waals surface area contributed by atoms with Crippen molar-refractivity contribution in [3.63, 3.8) is 0 Å². The number of anilines is 1. The summed E-state index contributed by atoms with van der Waals surface area (Å²) in [6.07, 6.45) is 3.72. The molecule has 1 atom stereocenters. The maximum Gasteiger partial charge on any atom is 0.308 e. The molecule has 1 aliphatic rings. The Balaban J connectivity index is 1.34. The van der Waals surface area contributed by atoms with Crippen LogP contribution < -0.4 is 14.5 Å². The Bertz CT molecular complexity index is 1470. The number of piperidine rings is 1. The third kappa shape index (κ3) is 5.19. The second-order valence-electron chi connectivity index (χ2n) is 9.05. The molecule has 2 heterocycles. The van der Waals surface area contributed by atoms with E-state index in [2.05, 4.69) is 21.8 Å². The number of sulfonamides is 1. The van der Waals surface area contributed by atoms with Crippen LogP contribution >= 0.6 is 11.3 Å². The number of nitrogens with one attached hydrogen (secondary N) is 1. The van der Waals surface area contributed by atoms with E-state index in [9.17, 15) is 13.2 Å². The molecule has 6 nitrogen and oxygen atoms in total. The highest BCUT2D eigenvalue weighted by Crippen LogP contribution is 2.26. The zero-order valence-corrected chi connectivity index (χ0v) is 21.3. The van der Waals surface area contributed by atoms with E-state index in [0.29, 0.717) is 11.2 Å². The molecule has 182 valence electrons. The van der Waals surface area contributed by atoms with Crippen LogP contribution in [-0.2, 0) is 16.6 Å². The summed E-state index contributed by atoms with van der Waals surface area (Å²) in [7, 11) is -3.76. The molecule has 0 aliphatic carbocycles. The number of hydrogen-bond acceptors (Lipinski definition) is 5. The molecular formula is C27H29N3O3S2. The van der Waals surface area contributed by atoms with Crippen LogP contribution in [-0.4, -0.2) is 26.1 Å². The fourth-order valence-electron chi connectivity index (χ4n) is 4.62. The summed E-state index contributed by atoms with van der Waals surface area (Å²) < 4.78 is 31.5. The van der Waals surface area contributed by atoms with Gasteiger partial charge in [-0.3, -0.25) is 9.36 Å². The van der Waals surface area contributed by atoms with Crippen LogP contribution in [0.2, 0.25) is 0 Å². The topological polar surface area (TPSA) is 71.4 Å². The van der Waals surface area contributed by atoms with E-state index in [1.807, 2.05) is 49.4 Å². The summed E-state index contributed by atoms with van der Waals surface area (Å²) in [5.41, 5.74) is 3.86. The summed E-state index contributed by atoms with van der Waals surface area (Å²) in [5, 5.41) is 0. The third-order valence-corrected chi connectivity index (χ3v) is 9.06. The molecule has 0 radical (unpaired) electrons. The second kappa shape index (κ2) is 9.97. The van der Waals surface area contributed by atoms with Gasteiger partial charge in [0.05, 0.1) is 21.7 Å². The van der Waals surface area contributed by atoms with Gasteiger partial charge in [-0.1, -0.05) is 53.8 Å². The van der Waals surface area contributed by atoms with Gasteiger partial charge in [0, 0.05) is 24.8 Å². The maximum atomic E-state index is 13.2. The first kappa shape index (κ1) is 23.8. The lowest BCUT2D eigenvalue weighted by Gasteiger charge is -2.29. The van der Waals surface area contributed by atoms with Crippen molar-refractivity contribution in [2.45, 2.75) is 43.7 Å². The van der Waals surface area contributed by atoms with Crippen LogP contribution in [0.5, 0.6) is 0 Å². The highest BCUT2D eigenvalue weighted by atomic mass is 32.2. The minimum Gasteiger partial charge on any atom is -0.372 e. The van der Waals surface area contributed by atoms with Crippen LogP contribution in [0.4, 0.5) is 5.69 Å². The van der Waals surface area contributed by atoms with E-state index in [1.54, 1.807) is 22.8 Å². The standard InChI is InChI=1S/C27H29N3O3S2/c1-20(22-10-12-23(13-11-22)29-16-6-3-7-17-29)28-35(32,33)24-14-15-25-26(18-24)34-27(31)30(25)19-21-8-4-2-5-9-21/h2,4-5,8-15,18,20,28H,3,6-7,16-17,19H2,1H3/t20-/m1/s1. The molecule has 1 saturated heterocycles. The van der Waals surface area contributed by atoms with Gasteiger partial charge in [-0.15, -0.1) is 0 Å². The Kier molecular flexibility index (Phi) is 6.77. The molecule has 1 N–H and O–H groups in total. The molecule has 3 aromatic carbocycles. The van der Waals surface area contributed by atoms with E-state index in [0.717, 1.165) is 41.1 Å². The van der Waals surface area contributed by atoms with Crippen LogP contribution in [0, 0.1) is 0 Å². The number of aromatic nitrogens is 1. The average molecular weight is 508 g/mol. The van der Waals surface area contributed by atoms with Gasteiger partial charge in [-0.05, 0) is 67.6 Å². The molecule has 4 aromatic rings. The fraction of sp³-hybridized carbons (Fsp3) is 0.296. The quantitative estimate of drug-likeness (QED) is 0.376. The van der Waals surface area contributed by atoms with Crippen molar-refractivity contribution in [3.05, 3.63) is 93.6 Å². The van der Waals surface area contributed by atoms with Crippen molar-refractivity contribution in [1.29, 1.82) is 0 Å². The van der Waals surface area contributed by atoms with Crippen molar-refractivity contribution < 1.29 is 8.42 Å². The van der Waals surface area contributed by atoms with Crippen LogP contribution in [0.1, 0.15) is 43.4 Å². The molecule has 0 amide bonds. The molecule has 0 bridgehead atoms. The second-order valence-corrected chi connectivity index (χ2v) is 11.8. The molecule has 0 saturated carbocycles. The average Bonchev–Trinajstić information content (AvgIpc) is 3.19. The lowest BCUT2D eigenvalue weighted by Crippen LogP contribution is -2.29. The zero-order valence-electron chi connectivity index (χ0n) is 19.7. The number of benzene rings is 3. The predicted octanol–water partition coefficient (Wildman–Crippen LogP) is 5.14. The van der Waals surface area contributed by atoms with Gasteiger partial charge in [0.2, 0.25) is 10.0 Å². The maximum absolute atomic E-state index is 13.2. The van der Waals surface area contributed by atoms with Gasteiger partial charge < -0.3 is 4.90 Å². The van der Waals surface area contributed by atoms with Crippen molar-refractivity contribution in [2.24, 2.45) is 0 Å².